The Hall–Kier alpha value is -3.82. The summed E-state index contributed by atoms with van der Waals surface area (Å²) >= 11 is 0. The lowest BCUT2D eigenvalue weighted by atomic mass is 10.1. The molecule has 0 aliphatic carbocycles. The third kappa shape index (κ3) is 4.55. The molecule has 0 radical (unpaired) electrons. The molecule has 0 unspecified atom stereocenters. The predicted molar refractivity (Wildman–Crippen MR) is 133 cm³/mol. The van der Waals surface area contributed by atoms with Crippen LogP contribution in [0.4, 0.5) is 10.1 Å². The van der Waals surface area contributed by atoms with Crippen molar-refractivity contribution in [1.82, 2.24) is 4.31 Å². The number of halogens is 1. The van der Waals surface area contributed by atoms with Gasteiger partial charge >= 0.3 is 0 Å². The second-order valence-corrected chi connectivity index (χ2v) is 10.5. The Bertz CT molecular complexity index is 1550. The van der Waals surface area contributed by atoms with Gasteiger partial charge in [-0.25, -0.2) is 12.8 Å². The van der Waals surface area contributed by atoms with Crippen molar-refractivity contribution in [2.24, 2.45) is 0 Å². The molecule has 1 aliphatic heterocycles. The maximum atomic E-state index is 13.3. The van der Waals surface area contributed by atoms with Gasteiger partial charge < -0.3 is 9.73 Å². The summed E-state index contributed by atoms with van der Waals surface area (Å²) in [5, 5.41) is 3.62. The zero-order valence-corrected chi connectivity index (χ0v) is 20.1. The number of furan rings is 1. The van der Waals surface area contributed by atoms with Crippen molar-refractivity contribution in [2.75, 3.05) is 25.0 Å². The van der Waals surface area contributed by atoms with Gasteiger partial charge in [-0.05, 0) is 61.4 Å². The highest BCUT2D eigenvalue weighted by Crippen LogP contribution is 2.32. The lowest BCUT2D eigenvalue weighted by Crippen LogP contribution is -2.28. The van der Waals surface area contributed by atoms with Crippen LogP contribution in [0.5, 0.6) is 0 Å². The molecule has 0 atom stereocenters. The number of carbonyl (C=O) groups excluding carboxylic acids is 2. The van der Waals surface area contributed by atoms with Gasteiger partial charge in [0.15, 0.2) is 11.5 Å². The first-order valence-electron chi connectivity index (χ1n) is 11.5. The number of Topliss-reactive ketones (excluding diaryl/α,β-unsaturated/α-hetero) is 1. The van der Waals surface area contributed by atoms with Crippen LogP contribution in [0.3, 0.4) is 0 Å². The molecule has 1 fully saturated rings. The predicted octanol–water partition coefficient (Wildman–Crippen LogP) is 4.88. The van der Waals surface area contributed by atoms with E-state index in [4.69, 9.17) is 4.42 Å². The highest BCUT2D eigenvalue weighted by atomic mass is 32.2. The Kier molecular flexibility index (Phi) is 6.42. The Balaban J connectivity index is 1.41. The first-order valence-corrected chi connectivity index (χ1v) is 13.0. The minimum absolute atomic E-state index is 0.000898. The third-order valence-corrected chi connectivity index (χ3v) is 8.09. The third-order valence-electron chi connectivity index (χ3n) is 6.19. The number of nitrogens with one attached hydrogen (secondary N) is 1. The van der Waals surface area contributed by atoms with E-state index in [2.05, 4.69) is 5.32 Å². The molecule has 1 N–H and O–H groups in total. The zero-order valence-electron chi connectivity index (χ0n) is 19.2. The van der Waals surface area contributed by atoms with E-state index in [0.29, 0.717) is 29.7 Å². The Morgan fingerprint density at radius 1 is 0.917 bits per heavy atom. The highest BCUT2D eigenvalue weighted by Gasteiger charge is 2.28. The summed E-state index contributed by atoms with van der Waals surface area (Å²) in [5.41, 5.74) is 1.28. The molecule has 5 rings (SSSR count). The van der Waals surface area contributed by atoms with Crippen LogP contribution in [0.25, 0.3) is 11.0 Å². The molecule has 0 spiro atoms. The molecule has 1 aliphatic rings. The number of ketones is 2. The van der Waals surface area contributed by atoms with Crippen molar-refractivity contribution in [3.05, 3.63) is 95.5 Å². The van der Waals surface area contributed by atoms with E-state index in [1.165, 1.54) is 40.7 Å². The first kappa shape index (κ1) is 23.9. The summed E-state index contributed by atoms with van der Waals surface area (Å²) in [6, 6.07) is 18.1. The number of para-hydroxylation sites is 1. The molecule has 0 saturated carbocycles. The lowest BCUT2D eigenvalue weighted by Gasteiger charge is -2.16. The monoisotopic (exact) mass is 506 g/mol. The van der Waals surface area contributed by atoms with Crippen LogP contribution in [0.1, 0.15) is 39.3 Å². The minimum Gasteiger partial charge on any atom is -0.450 e. The normalized spacial score (nSPS) is 14.2. The van der Waals surface area contributed by atoms with Gasteiger partial charge in [0, 0.05) is 29.6 Å². The standard InChI is InChI=1S/C27H23FN2O5S/c28-20-12-10-18(11-13-20)26(32)27-25(22-8-1-2-9-24(22)35-27)29-17-23(31)19-6-5-7-21(16-19)36(33,34)30-14-3-4-15-30/h1-2,5-13,16,29H,3-4,14-15,17H2. The summed E-state index contributed by atoms with van der Waals surface area (Å²) < 4.78 is 46.4. The van der Waals surface area contributed by atoms with Gasteiger partial charge in [-0.3, -0.25) is 9.59 Å². The summed E-state index contributed by atoms with van der Waals surface area (Å²) in [7, 11) is -3.66. The molecule has 3 aromatic carbocycles. The molecular formula is C27H23FN2O5S. The van der Waals surface area contributed by atoms with Crippen molar-refractivity contribution in [3.63, 3.8) is 0 Å². The molecule has 7 nitrogen and oxygen atoms in total. The van der Waals surface area contributed by atoms with Crippen molar-refractivity contribution in [3.8, 4) is 0 Å². The molecule has 1 saturated heterocycles. The van der Waals surface area contributed by atoms with Gasteiger partial charge in [-0.15, -0.1) is 0 Å². The number of hydrogen-bond donors (Lipinski definition) is 1. The van der Waals surface area contributed by atoms with E-state index in [-0.39, 0.29) is 34.1 Å². The molecule has 2 heterocycles. The number of fused-ring (bicyclic) bond motifs is 1. The number of anilines is 1. The smallest absolute Gasteiger partial charge is 0.243 e. The molecule has 184 valence electrons. The fraction of sp³-hybridized carbons (Fsp3) is 0.185. The van der Waals surface area contributed by atoms with Gasteiger partial charge in [0.1, 0.15) is 11.4 Å². The summed E-state index contributed by atoms with van der Waals surface area (Å²) in [6.07, 6.45) is 1.64. The SMILES string of the molecule is O=C(CNc1c(C(=O)c2ccc(F)cc2)oc2ccccc12)c1cccc(S(=O)(=O)N2CCCC2)c1. The van der Waals surface area contributed by atoms with Gasteiger partial charge in [-0.2, -0.15) is 4.31 Å². The molecule has 4 aromatic rings. The van der Waals surface area contributed by atoms with Gasteiger partial charge in [0.2, 0.25) is 15.8 Å². The van der Waals surface area contributed by atoms with Crippen LogP contribution in [0.2, 0.25) is 0 Å². The van der Waals surface area contributed by atoms with E-state index in [9.17, 15) is 22.4 Å². The fourth-order valence-electron chi connectivity index (χ4n) is 4.29. The molecule has 1 aromatic heterocycles. The van der Waals surface area contributed by atoms with Crippen LogP contribution in [0.15, 0.2) is 82.1 Å². The number of benzene rings is 3. The van der Waals surface area contributed by atoms with E-state index >= 15 is 0 Å². The summed E-state index contributed by atoms with van der Waals surface area (Å²) in [5.74, 6) is -1.27. The lowest BCUT2D eigenvalue weighted by molar-refractivity contribution is 0.0997. The van der Waals surface area contributed by atoms with E-state index in [0.717, 1.165) is 12.8 Å². The Labute approximate surface area is 207 Å². The van der Waals surface area contributed by atoms with Crippen molar-refractivity contribution in [1.29, 1.82) is 0 Å². The molecule has 0 amide bonds. The van der Waals surface area contributed by atoms with Gasteiger partial charge in [0.05, 0.1) is 17.1 Å². The molecule has 0 bridgehead atoms. The van der Waals surface area contributed by atoms with Crippen molar-refractivity contribution >= 4 is 38.2 Å². The van der Waals surface area contributed by atoms with Crippen molar-refractivity contribution < 1.29 is 26.8 Å². The average Bonchev–Trinajstić information content (AvgIpc) is 3.56. The second-order valence-electron chi connectivity index (χ2n) is 8.55. The molecule has 36 heavy (non-hydrogen) atoms. The maximum Gasteiger partial charge on any atom is 0.243 e. The minimum atomic E-state index is -3.66. The number of carbonyl (C=O) groups is 2. The van der Waals surface area contributed by atoms with Crippen LogP contribution >= 0.6 is 0 Å². The number of nitrogens with zero attached hydrogens (tertiary/aromatic N) is 1. The fourth-order valence-corrected chi connectivity index (χ4v) is 5.85. The topological polar surface area (TPSA) is 96.7 Å². The van der Waals surface area contributed by atoms with Crippen molar-refractivity contribution in [2.45, 2.75) is 17.7 Å². The maximum absolute atomic E-state index is 13.3. The first-order chi connectivity index (χ1) is 17.3. The Morgan fingerprint density at radius 2 is 1.64 bits per heavy atom. The van der Waals surface area contributed by atoms with Gasteiger partial charge in [0.25, 0.3) is 0 Å². The summed E-state index contributed by atoms with van der Waals surface area (Å²) in [4.78, 5) is 26.2. The van der Waals surface area contributed by atoms with Crippen LogP contribution < -0.4 is 5.32 Å². The summed E-state index contributed by atoms with van der Waals surface area (Å²) in [6.45, 7) is 0.751. The second kappa shape index (κ2) is 9.67. The van der Waals surface area contributed by atoms with Crippen LogP contribution in [-0.2, 0) is 10.0 Å². The number of hydrogen-bond acceptors (Lipinski definition) is 6. The molecular weight excluding hydrogens is 483 g/mol. The van der Waals surface area contributed by atoms with E-state index in [1.807, 2.05) is 0 Å². The highest BCUT2D eigenvalue weighted by molar-refractivity contribution is 7.89. The quantitative estimate of drug-likeness (QED) is 0.342. The van der Waals surface area contributed by atoms with Crippen LogP contribution in [-0.4, -0.2) is 43.9 Å². The largest absolute Gasteiger partial charge is 0.450 e. The number of rotatable bonds is 8. The molecule has 9 heteroatoms. The average molecular weight is 507 g/mol. The zero-order chi connectivity index (χ0) is 25.3. The Morgan fingerprint density at radius 3 is 2.39 bits per heavy atom. The van der Waals surface area contributed by atoms with E-state index < -0.39 is 21.6 Å². The van der Waals surface area contributed by atoms with E-state index in [1.54, 1.807) is 36.4 Å². The number of sulfonamides is 1. The van der Waals surface area contributed by atoms with Gasteiger partial charge in [-0.1, -0.05) is 24.3 Å². The van der Waals surface area contributed by atoms with Crippen LogP contribution in [0, 0.1) is 5.82 Å².